The van der Waals surface area contributed by atoms with E-state index in [0.717, 1.165) is 5.69 Å². The van der Waals surface area contributed by atoms with Crippen molar-refractivity contribution >= 4 is 15.7 Å². The van der Waals surface area contributed by atoms with Crippen LogP contribution in [0.4, 0.5) is 0 Å². The van der Waals surface area contributed by atoms with Crippen molar-refractivity contribution in [3.63, 3.8) is 0 Å². The van der Waals surface area contributed by atoms with Gasteiger partial charge in [-0.15, -0.1) is 5.10 Å². The van der Waals surface area contributed by atoms with E-state index < -0.39 is 9.84 Å². The molecule has 0 unspecified atom stereocenters. The Bertz CT molecular complexity index is 949. The van der Waals surface area contributed by atoms with Gasteiger partial charge in [-0.05, 0) is 42.0 Å². The average Bonchev–Trinajstić information content (AvgIpc) is 3.26. The Balaban J connectivity index is 1.42. The van der Waals surface area contributed by atoms with E-state index in [1.165, 1.54) is 0 Å². The zero-order valence-corrected chi connectivity index (χ0v) is 16.0. The minimum absolute atomic E-state index is 0.0266. The van der Waals surface area contributed by atoms with Crippen molar-refractivity contribution in [3.05, 3.63) is 35.7 Å². The summed E-state index contributed by atoms with van der Waals surface area (Å²) in [5.41, 5.74) is 1.34. The molecule has 4 rings (SSSR count). The molecule has 0 bridgehead atoms. The highest BCUT2D eigenvalue weighted by atomic mass is 32.2. The van der Waals surface area contributed by atoms with E-state index in [2.05, 4.69) is 20.4 Å². The van der Waals surface area contributed by atoms with Crippen molar-refractivity contribution in [3.8, 4) is 5.69 Å². The molecule has 2 aliphatic rings. The summed E-state index contributed by atoms with van der Waals surface area (Å²) < 4.78 is 25.0. The number of piperazine rings is 1. The monoisotopic (exact) mass is 390 g/mol. The Morgan fingerprint density at radius 3 is 2.59 bits per heavy atom. The van der Waals surface area contributed by atoms with E-state index in [1.54, 1.807) is 23.7 Å². The van der Waals surface area contributed by atoms with Crippen LogP contribution < -0.4 is 0 Å². The molecule has 2 saturated heterocycles. The van der Waals surface area contributed by atoms with E-state index >= 15 is 0 Å². The Morgan fingerprint density at radius 2 is 1.96 bits per heavy atom. The molecule has 9 nitrogen and oxygen atoms in total. The van der Waals surface area contributed by atoms with Crippen LogP contribution in [0.25, 0.3) is 5.69 Å². The lowest BCUT2D eigenvalue weighted by atomic mass is 10.1. The number of amides is 1. The predicted molar refractivity (Wildman–Crippen MR) is 98.4 cm³/mol. The minimum atomic E-state index is -2.89. The van der Waals surface area contributed by atoms with Gasteiger partial charge in [0.2, 0.25) is 0 Å². The van der Waals surface area contributed by atoms with Crippen LogP contribution in [0.5, 0.6) is 0 Å². The van der Waals surface area contributed by atoms with E-state index in [4.69, 9.17) is 0 Å². The van der Waals surface area contributed by atoms with E-state index in [-0.39, 0.29) is 23.5 Å². The van der Waals surface area contributed by atoms with Crippen LogP contribution in [-0.2, 0) is 9.84 Å². The molecule has 0 spiro atoms. The number of aryl methyl sites for hydroxylation is 1. The summed E-state index contributed by atoms with van der Waals surface area (Å²) in [5, 5.41) is 11.4. The van der Waals surface area contributed by atoms with E-state index in [9.17, 15) is 13.2 Å². The molecule has 0 aliphatic carbocycles. The molecule has 144 valence electrons. The molecule has 27 heavy (non-hydrogen) atoms. The maximum atomic E-state index is 12.9. The zero-order valence-electron chi connectivity index (χ0n) is 15.2. The summed E-state index contributed by atoms with van der Waals surface area (Å²) in [6.07, 6.45) is 0.698. The Labute approximate surface area is 157 Å². The summed E-state index contributed by atoms with van der Waals surface area (Å²) in [6, 6.07) is 7.36. The molecule has 2 aliphatic heterocycles. The van der Waals surface area contributed by atoms with Gasteiger partial charge in [0.25, 0.3) is 5.91 Å². The van der Waals surface area contributed by atoms with Crippen LogP contribution in [0.3, 0.4) is 0 Å². The molecule has 10 heteroatoms. The standard InChI is InChI=1S/C17H22N6O3S/c1-13-18-19-20-23(13)15-4-2-3-14(11-15)17(24)22-8-6-21(7-9-22)16-5-10-27(25,26)12-16/h2-4,11,16H,5-10,12H2,1H3/t16-/m0/s1. The fourth-order valence-corrected chi connectivity index (χ4v) is 5.54. The SMILES string of the molecule is Cc1nnnn1-c1cccc(C(=O)N2CCN([C@H]3CCS(=O)(=O)C3)CC2)c1. The van der Waals surface area contributed by atoms with Crippen molar-refractivity contribution < 1.29 is 13.2 Å². The fourth-order valence-electron chi connectivity index (χ4n) is 3.78. The van der Waals surface area contributed by atoms with Gasteiger partial charge in [-0.1, -0.05) is 6.07 Å². The molecule has 1 aromatic carbocycles. The molecule has 3 heterocycles. The van der Waals surface area contributed by atoms with Gasteiger partial charge in [0, 0.05) is 37.8 Å². The van der Waals surface area contributed by atoms with Gasteiger partial charge in [-0.2, -0.15) is 4.68 Å². The number of carbonyl (C=O) groups is 1. The highest BCUT2D eigenvalue weighted by molar-refractivity contribution is 7.91. The molecular weight excluding hydrogens is 368 g/mol. The maximum Gasteiger partial charge on any atom is 0.254 e. The number of hydrogen-bond acceptors (Lipinski definition) is 7. The molecule has 1 aromatic heterocycles. The third-order valence-electron chi connectivity index (χ3n) is 5.29. The second kappa shape index (κ2) is 7.01. The number of nitrogens with zero attached hydrogens (tertiary/aromatic N) is 6. The summed E-state index contributed by atoms with van der Waals surface area (Å²) in [6.45, 7) is 4.42. The summed E-state index contributed by atoms with van der Waals surface area (Å²) in [5.74, 6) is 1.15. The predicted octanol–water partition coefficient (Wildman–Crippen LogP) is -0.0844. The van der Waals surface area contributed by atoms with Gasteiger partial charge in [-0.25, -0.2) is 8.42 Å². The van der Waals surface area contributed by atoms with E-state index in [0.29, 0.717) is 44.0 Å². The topological polar surface area (TPSA) is 101 Å². The first kappa shape index (κ1) is 18.1. The van der Waals surface area contributed by atoms with Crippen molar-refractivity contribution in [1.82, 2.24) is 30.0 Å². The molecule has 0 radical (unpaired) electrons. The second-order valence-corrected chi connectivity index (χ2v) is 9.30. The number of rotatable bonds is 3. The maximum absolute atomic E-state index is 12.9. The largest absolute Gasteiger partial charge is 0.336 e. The first-order chi connectivity index (χ1) is 12.9. The first-order valence-corrected chi connectivity index (χ1v) is 10.8. The van der Waals surface area contributed by atoms with Crippen molar-refractivity contribution in [2.24, 2.45) is 0 Å². The van der Waals surface area contributed by atoms with Gasteiger partial charge in [-0.3, -0.25) is 9.69 Å². The van der Waals surface area contributed by atoms with Crippen LogP contribution in [0.15, 0.2) is 24.3 Å². The van der Waals surface area contributed by atoms with Crippen LogP contribution in [0, 0.1) is 6.92 Å². The summed E-state index contributed by atoms with van der Waals surface area (Å²) in [4.78, 5) is 16.9. The average molecular weight is 390 g/mol. The third-order valence-corrected chi connectivity index (χ3v) is 7.04. The van der Waals surface area contributed by atoms with Gasteiger partial charge < -0.3 is 4.90 Å². The lowest BCUT2D eigenvalue weighted by Gasteiger charge is -2.37. The molecule has 1 amide bonds. The van der Waals surface area contributed by atoms with E-state index in [1.807, 2.05) is 17.0 Å². The van der Waals surface area contributed by atoms with Crippen molar-refractivity contribution in [2.45, 2.75) is 19.4 Å². The molecule has 0 N–H and O–H groups in total. The zero-order chi connectivity index (χ0) is 19.0. The van der Waals surface area contributed by atoms with Gasteiger partial charge in [0.05, 0.1) is 17.2 Å². The lowest BCUT2D eigenvalue weighted by Crippen LogP contribution is -2.52. The smallest absolute Gasteiger partial charge is 0.254 e. The minimum Gasteiger partial charge on any atom is -0.336 e. The molecule has 2 aromatic rings. The van der Waals surface area contributed by atoms with Crippen molar-refractivity contribution in [1.29, 1.82) is 0 Å². The summed E-state index contributed by atoms with van der Waals surface area (Å²) in [7, 11) is -2.89. The normalized spacial score (nSPS) is 22.9. The number of benzene rings is 1. The van der Waals surface area contributed by atoms with Crippen LogP contribution in [0.1, 0.15) is 22.6 Å². The van der Waals surface area contributed by atoms with Gasteiger partial charge in [0.15, 0.2) is 15.7 Å². The third kappa shape index (κ3) is 3.72. The highest BCUT2D eigenvalue weighted by Crippen LogP contribution is 2.20. The fraction of sp³-hybridized carbons (Fsp3) is 0.529. The first-order valence-electron chi connectivity index (χ1n) is 9.02. The molecule has 0 saturated carbocycles. The summed E-state index contributed by atoms with van der Waals surface area (Å²) >= 11 is 0. The Kier molecular flexibility index (Phi) is 4.68. The lowest BCUT2D eigenvalue weighted by molar-refractivity contribution is 0.0588. The van der Waals surface area contributed by atoms with Gasteiger partial charge >= 0.3 is 0 Å². The van der Waals surface area contributed by atoms with Crippen LogP contribution in [0.2, 0.25) is 0 Å². The van der Waals surface area contributed by atoms with Crippen molar-refractivity contribution in [2.75, 3.05) is 37.7 Å². The number of sulfone groups is 1. The molecule has 1 atom stereocenters. The highest BCUT2D eigenvalue weighted by Gasteiger charge is 2.34. The number of aromatic nitrogens is 4. The van der Waals surface area contributed by atoms with Crippen LogP contribution >= 0.6 is 0 Å². The molecular formula is C17H22N6O3S. The molecule has 2 fully saturated rings. The van der Waals surface area contributed by atoms with Gasteiger partial charge in [0.1, 0.15) is 0 Å². The van der Waals surface area contributed by atoms with Crippen LogP contribution in [-0.4, -0.2) is 88.1 Å². The quantitative estimate of drug-likeness (QED) is 0.722. The number of hydrogen-bond donors (Lipinski definition) is 0. The Morgan fingerprint density at radius 1 is 1.19 bits per heavy atom. The Hall–Kier alpha value is -2.33. The number of carbonyl (C=O) groups excluding carboxylic acids is 1. The second-order valence-electron chi connectivity index (χ2n) is 7.07. The number of tetrazole rings is 1.